The molecule has 1 aromatic heterocycles. The van der Waals surface area contributed by atoms with Crippen molar-refractivity contribution < 1.29 is 5.11 Å². The van der Waals surface area contributed by atoms with Crippen molar-refractivity contribution in [2.75, 3.05) is 11.9 Å². The molecule has 0 fully saturated rings. The Kier molecular flexibility index (Phi) is 4.86. The minimum Gasteiger partial charge on any atom is -0.392 e. The van der Waals surface area contributed by atoms with Gasteiger partial charge in [0.15, 0.2) is 0 Å². The van der Waals surface area contributed by atoms with Gasteiger partial charge in [0.1, 0.15) is 0 Å². The number of hydrogen-bond acceptors (Lipinski definition) is 3. The molecule has 1 N–H and O–H groups in total. The van der Waals surface area contributed by atoms with Gasteiger partial charge in [0, 0.05) is 40.7 Å². The molecule has 2 aromatic rings. The summed E-state index contributed by atoms with van der Waals surface area (Å²) < 4.78 is 0. The second-order valence-electron chi connectivity index (χ2n) is 4.67. The zero-order chi connectivity index (χ0) is 13.8. The highest BCUT2D eigenvalue weighted by Gasteiger charge is 2.14. The molecule has 0 spiro atoms. The van der Waals surface area contributed by atoms with Gasteiger partial charge in [0.25, 0.3) is 0 Å². The molecule has 0 saturated carbocycles. The molecule has 1 heterocycles. The van der Waals surface area contributed by atoms with E-state index in [0.717, 1.165) is 17.7 Å². The maximum absolute atomic E-state index is 9.43. The SMILES string of the molecule is CC(Cc1cccs1)N(C)c1cc(Cl)ccc1CO. The van der Waals surface area contributed by atoms with E-state index in [0.29, 0.717) is 11.1 Å². The largest absolute Gasteiger partial charge is 0.392 e. The van der Waals surface area contributed by atoms with Crippen LogP contribution in [0, 0.1) is 0 Å². The third kappa shape index (κ3) is 3.50. The number of thiophene rings is 1. The molecule has 4 heteroatoms. The van der Waals surface area contributed by atoms with Crippen LogP contribution in [0.3, 0.4) is 0 Å². The van der Waals surface area contributed by atoms with Gasteiger partial charge in [0.05, 0.1) is 6.61 Å². The third-order valence-electron chi connectivity index (χ3n) is 3.34. The molecular weight excluding hydrogens is 278 g/mol. The molecule has 0 aliphatic rings. The van der Waals surface area contributed by atoms with Crippen molar-refractivity contribution in [3.63, 3.8) is 0 Å². The van der Waals surface area contributed by atoms with Crippen LogP contribution >= 0.6 is 22.9 Å². The number of aliphatic hydroxyl groups excluding tert-OH is 1. The Morgan fingerprint density at radius 2 is 2.16 bits per heavy atom. The molecule has 0 bridgehead atoms. The summed E-state index contributed by atoms with van der Waals surface area (Å²) in [6, 6.07) is 10.2. The van der Waals surface area contributed by atoms with E-state index < -0.39 is 0 Å². The molecule has 0 aliphatic heterocycles. The molecule has 0 aliphatic carbocycles. The zero-order valence-electron chi connectivity index (χ0n) is 11.1. The first-order valence-corrected chi connectivity index (χ1v) is 7.52. The summed E-state index contributed by atoms with van der Waals surface area (Å²) in [5.74, 6) is 0. The number of likely N-dealkylation sites (N-methyl/N-ethyl adjacent to an activating group) is 1. The van der Waals surface area contributed by atoms with Gasteiger partial charge in [-0.1, -0.05) is 23.7 Å². The van der Waals surface area contributed by atoms with Crippen LogP contribution in [0.2, 0.25) is 5.02 Å². The lowest BCUT2D eigenvalue weighted by molar-refractivity contribution is 0.282. The maximum atomic E-state index is 9.43. The quantitative estimate of drug-likeness (QED) is 0.902. The highest BCUT2D eigenvalue weighted by molar-refractivity contribution is 7.09. The summed E-state index contributed by atoms with van der Waals surface area (Å²) in [5.41, 5.74) is 1.91. The van der Waals surface area contributed by atoms with Crippen molar-refractivity contribution in [3.8, 4) is 0 Å². The van der Waals surface area contributed by atoms with E-state index in [9.17, 15) is 5.11 Å². The number of aliphatic hydroxyl groups is 1. The minimum atomic E-state index is 0.0303. The van der Waals surface area contributed by atoms with Crippen molar-refractivity contribution in [1.82, 2.24) is 0 Å². The molecule has 1 atom stereocenters. The average molecular weight is 296 g/mol. The Hall–Kier alpha value is -1.03. The number of benzene rings is 1. The van der Waals surface area contributed by atoms with E-state index >= 15 is 0 Å². The first-order valence-electron chi connectivity index (χ1n) is 6.26. The lowest BCUT2D eigenvalue weighted by atomic mass is 10.1. The van der Waals surface area contributed by atoms with Gasteiger partial charge in [-0.2, -0.15) is 0 Å². The Balaban J connectivity index is 2.18. The molecule has 1 aromatic carbocycles. The number of hydrogen-bond donors (Lipinski definition) is 1. The van der Waals surface area contributed by atoms with Crippen LogP contribution in [0.25, 0.3) is 0 Å². The van der Waals surface area contributed by atoms with Crippen molar-refractivity contribution in [2.24, 2.45) is 0 Å². The summed E-state index contributed by atoms with van der Waals surface area (Å²) in [6.45, 7) is 2.21. The van der Waals surface area contributed by atoms with Crippen molar-refractivity contribution >= 4 is 28.6 Å². The first-order chi connectivity index (χ1) is 9.11. The van der Waals surface area contributed by atoms with E-state index in [1.807, 2.05) is 25.2 Å². The number of rotatable bonds is 5. The summed E-state index contributed by atoms with van der Waals surface area (Å²) in [7, 11) is 2.04. The molecule has 0 radical (unpaired) electrons. The highest BCUT2D eigenvalue weighted by Crippen LogP contribution is 2.27. The molecule has 2 rings (SSSR count). The van der Waals surface area contributed by atoms with Crippen molar-refractivity contribution in [3.05, 3.63) is 51.2 Å². The van der Waals surface area contributed by atoms with Crippen LogP contribution < -0.4 is 4.90 Å². The molecular formula is C15H18ClNOS. The molecule has 0 amide bonds. The summed E-state index contributed by atoms with van der Waals surface area (Å²) in [6.07, 6.45) is 0.992. The normalized spacial score (nSPS) is 12.4. The Morgan fingerprint density at radius 1 is 1.37 bits per heavy atom. The van der Waals surface area contributed by atoms with Gasteiger partial charge in [-0.25, -0.2) is 0 Å². The molecule has 0 saturated heterocycles. The second-order valence-corrected chi connectivity index (χ2v) is 6.14. The Labute approximate surface area is 123 Å². The van der Waals surface area contributed by atoms with E-state index in [1.165, 1.54) is 4.88 Å². The fourth-order valence-corrected chi connectivity index (χ4v) is 3.09. The lowest BCUT2D eigenvalue weighted by Crippen LogP contribution is -2.31. The summed E-state index contributed by atoms with van der Waals surface area (Å²) >= 11 is 7.83. The fourth-order valence-electron chi connectivity index (χ4n) is 2.09. The minimum absolute atomic E-state index is 0.0303. The van der Waals surface area contributed by atoms with Crippen molar-refractivity contribution in [2.45, 2.75) is 26.0 Å². The smallest absolute Gasteiger partial charge is 0.0702 e. The maximum Gasteiger partial charge on any atom is 0.0702 e. The van der Waals surface area contributed by atoms with E-state index in [-0.39, 0.29) is 6.61 Å². The van der Waals surface area contributed by atoms with Gasteiger partial charge in [-0.3, -0.25) is 0 Å². The zero-order valence-corrected chi connectivity index (χ0v) is 12.7. The second kappa shape index (κ2) is 6.42. The van der Waals surface area contributed by atoms with Gasteiger partial charge < -0.3 is 10.0 Å². The standard InChI is InChI=1S/C15H18ClNOS/c1-11(8-14-4-3-7-19-14)17(2)15-9-13(16)6-5-12(15)10-18/h3-7,9,11,18H,8,10H2,1-2H3. The predicted octanol–water partition coefficient (Wildman–Crippen LogP) is 3.96. The monoisotopic (exact) mass is 295 g/mol. The van der Waals surface area contributed by atoms with E-state index in [2.05, 4.69) is 29.3 Å². The van der Waals surface area contributed by atoms with Crippen molar-refractivity contribution in [1.29, 1.82) is 0 Å². The predicted molar refractivity (Wildman–Crippen MR) is 83.3 cm³/mol. The lowest BCUT2D eigenvalue weighted by Gasteiger charge is -2.28. The molecule has 102 valence electrons. The van der Waals surface area contributed by atoms with Crippen LogP contribution in [0.15, 0.2) is 35.7 Å². The topological polar surface area (TPSA) is 23.5 Å². The fraction of sp³-hybridized carbons (Fsp3) is 0.333. The third-order valence-corrected chi connectivity index (χ3v) is 4.47. The van der Waals surface area contributed by atoms with Gasteiger partial charge >= 0.3 is 0 Å². The van der Waals surface area contributed by atoms with Gasteiger partial charge in [-0.05, 0) is 30.5 Å². The molecule has 19 heavy (non-hydrogen) atoms. The van der Waals surface area contributed by atoms with Crippen LogP contribution in [-0.4, -0.2) is 18.2 Å². The van der Waals surface area contributed by atoms with E-state index in [1.54, 1.807) is 11.3 Å². The van der Waals surface area contributed by atoms with Gasteiger partial charge in [-0.15, -0.1) is 11.3 Å². The van der Waals surface area contributed by atoms with Crippen LogP contribution in [-0.2, 0) is 13.0 Å². The molecule has 2 nitrogen and oxygen atoms in total. The van der Waals surface area contributed by atoms with E-state index in [4.69, 9.17) is 11.6 Å². The Bertz CT molecular complexity index is 527. The number of anilines is 1. The Morgan fingerprint density at radius 3 is 2.79 bits per heavy atom. The van der Waals surface area contributed by atoms with Crippen LogP contribution in [0.5, 0.6) is 0 Å². The summed E-state index contributed by atoms with van der Waals surface area (Å²) in [5, 5.41) is 12.2. The number of nitrogens with zero attached hydrogens (tertiary/aromatic N) is 1. The number of halogens is 1. The van der Waals surface area contributed by atoms with Crippen LogP contribution in [0.1, 0.15) is 17.4 Å². The first kappa shape index (κ1) is 14.4. The average Bonchev–Trinajstić information content (AvgIpc) is 2.90. The summed E-state index contributed by atoms with van der Waals surface area (Å²) in [4.78, 5) is 3.55. The van der Waals surface area contributed by atoms with Crippen LogP contribution in [0.4, 0.5) is 5.69 Å². The highest BCUT2D eigenvalue weighted by atomic mass is 35.5. The molecule has 1 unspecified atom stereocenters. The van der Waals surface area contributed by atoms with Gasteiger partial charge in [0.2, 0.25) is 0 Å².